The normalized spacial score (nSPS) is 10.4. The highest BCUT2D eigenvalue weighted by Crippen LogP contribution is 2.28. The summed E-state index contributed by atoms with van der Waals surface area (Å²) in [7, 11) is 0. The first kappa shape index (κ1) is 9.71. The van der Waals surface area contributed by atoms with E-state index in [0.717, 1.165) is 16.9 Å². The Morgan fingerprint density at radius 1 is 1.29 bits per heavy atom. The van der Waals surface area contributed by atoms with Gasteiger partial charge < -0.3 is 0 Å². The molecule has 0 aliphatic carbocycles. The summed E-state index contributed by atoms with van der Waals surface area (Å²) >= 11 is 12.6. The van der Waals surface area contributed by atoms with Crippen LogP contribution in [0.5, 0.6) is 0 Å². The largest absolute Gasteiger partial charge is 0.322 e. The Hall–Kier alpha value is -0.840. The summed E-state index contributed by atoms with van der Waals surface area (Å²) in [5.74, 6) is 0. The lowest BCUT2D eigenvalue weighted by atomic mass is 10.2. The molecule has 1 aromatic heterocycles. The van der Waals surface area contributed by atoms with Gasteiger partial charge in [0, 0.05) is 5.56 Å². The fourth-order valence-electron chi connectivity index (χ4n) is 0.982. The quantitative estimate of drug-likeness (QED) is 0.842. The van der Waals surface area contributed by atoms with Crippen LogP contribution >= 0.6 is 34.5 Å². The Labute approximate surface area is 93.3 Å². The molecule has 0 unspecified atom stereocenters. The number of hydrogen-bond acceptors (Lipinski definition) is 3. The number of hydrogen-bond donors (Lipinski definition) is 1. The van der Waals surface area contributed by atoms with Crippen molar-refractivity contribution in [1.29, 1.82) is 0 Å². The molecule has 0 saturated carbocycles. The van der Waals surface area contributed by atoms with Gasteiger partial charge >= 0.3 is 4.87 Å². The van der Waals surface area contributed by atoms with E-state index >= 15 is 0 Å². The van der Waals surface area contributed by atoms with E-state index in [1.165, 1.54) is 0 Å². The summed E-state index contributed by atoms with van der Waals surface area (Å²) in [6.45, 7) is 0. The zero-order chi connectivity index (χ0) is 10.1. The van der Waals surface area contributed by atoms with Crippen molar-refractivity contribution in [2.75, 3.05) is 0 Å². The molecule has 0 fully saturated rings. The molecule has 14 heavy (non-hydrogen) atoms. The van der Waals surface area contributed by atoms with Crippen LogP contribution in [0.4, 0.5) is 0 Å². The fraction of sp³-hybridized carbons (Fsp3) is 0. The first-order valence-electron chi connectivity index (χ1n) is 3.68. The van der Waals surface area contributed by atoms with E-state index in [4.69, 9.17) is 23.2 Å². The van der Waals surface area contributed by atoms with Gasteiger partial charge in [-0.1, -0.05) is 40.6 Å². The van der Waals surface area contributed by atoms with E-state index in [2.05, 4.69) is 10.2 Å². The lowest BCUT2D eigenvalue weighted by Gasteiger charge is -1.97. The van der Waals surface area contributed by atoms with Crippen molar-refractivity contribution < 1.29 is 0 Å². The van der Waals surface area contributed by atoms with Crippen molar-refractivity contribution in [3.8, 4) is 10.6 Å². The fourth-order valence-corrected chi connectivity index (χ4v) is 1.88. The van der Waals surface area contributed by atoms with Crippen molar-refractivity contribution in [3.63, 3.8) is 0 Å². The predicted octanol–water partition coefficient (Wildman–Crippen LogP) is 2.81. The molecular formula is C8H4Cl2N2OS. The Balaban J connectivity index is 2.52. The number of H-pyrrole nitrogens is 1. The molecule has 0 saturated heterocycles. The van der Waals surface area contributed by atoms with Crippen LogP contribution in [0.25, 0.3) is 10.6 Å². The van der Waals surface area contributed by atoms with Gasteiger partial charge in [-0.3, -0.25) is 4.79 Å². The van der Waals surface area contributed by atoms with E-state index in [9.17, 15) is 4.79 Å². The van der Waals surface area contributed by atoms with Gasteiger partial charge in [0.2, 0.25) is 0 Å². The maximum atomic E-state index is 10.9. The summed E-state index contributed by atoms with van der Waals surface area (Å²) in [4.78, 5) is 10.7. The number of aromatic amines is 1. The van der Waals surface area contributed by atoms with Crippen LogP contribution in [0.3, 0.4) is 0 Å². The molecule has 1 aromatic carbocycles. The van der Waals surface area contributed by atoms with Crippen molar-refractivity contribution in [2.24, 2.45) is 0 Å². The molecule has 2 rings (SSSR count). The highest BCUT2D eigenvalue weighted by Gasteiger charge is 2.05. The monoisotopic (exact) mass is 246 g/mol. The predicted molar refractivity (Wildman–Crippen MR) is 58.2 cm³/mol. The molecule has 72 valence electrons. The summed E-state index contributed by atoms with van der Waals surface area (Å²) in [5.41, 5.74) is 0.780. The maximum Gasteiger partial charge on any atom is 0.322 e. The molecule has 0 aliphatic heterocycles. The number of halogens is 2. The summed E-state index contributed by atoms with van der Waals surface area (Å²) in [5, 5.41) is 7.71. The molecule has 0 radical (unpaired) electrons. The van der Waals surface area contributed by atoms with Gasteiger partial charge in [-0.25, -0.2) is 5.10 Å². The van der Waals surface area contributed by atoms with Gasteiger partial charge in [0.1, 0.15) is 5.01 Å². The number of rotatable bonds is 1. The van der Waals surface area contributed by atoms with Gasteiger partial charge in [-0.05, 0) is 12.1 Å². The molecule has 0 spiro atoms. The average Bonchev–Trinajstić information content (AvgIpc) is 2.57. The Bertz CT molecular complexity index is 520. The molecule has 3 nitrogen and oxygen atoms in total. The smallest absolute Gasteiger partial charge is 0.255 e. The Morgan fingerprint density at radius 3 is 2.64 bits per heavy atom. The lowest BCUT2D eigenvalue weighted by molar-refractivity contribution is 1.06. The van der Waals surface area contributed by atoms with E-state index in [1.807, 2.05) is 0 Å². The van der Waals surface area contributed by atoms with Crippen LogP contribution in [0.2, 0.25) is 10.0 Å². The summed E-state index contributed by atoms with van der Waals surface area (Å²) < 4.78 is 0. The Morgan fingerprint density at radius 2 is 2.07 bits per heavy atom. The number of aromatic nitrogens is 2. The number of nitrogens with zero attached hydrogens (tertiary/aromatic N) is 1. The van der Waals surface area contributed by atoms with Crippen molar-refractivity contribution in [3.05, 3.63) is 37.9 Å². The minimum absolute atomic E-state index is 0.189. The van der Waals surface area contributed by atoms with Crippen LogP contribution < -0.4 is 4.87 Å². The highest BCUT2D eigenvalue weighted by molar-refractivity contribution is 7.12. The topological polar surface area (TPSA) is 45.8 Å². The maximum absolute atomic E-state index is 10.9. The van der Waals surface area contributed by atoms with Crippen molar-refractivity contribution in [1.82, 2.24) is 10.2 Å². The first-order valence-corrected chi connectivity index (χ1v) is 5.25. The standard InChI is InChI=1S/C8H4Cl2N2OS/c9-5-2-1-4(3-6(5)10)7-11-12-8(13)14-7/h1-3H,(H,12,13). The molecule has 0 aliphatic rings. The molecule has 2 aromatic rings. The van der Waals surface area contributed by atoms with E-state index < -0.39 is 0 Å². The zero-order valence-electron chi connectivity index (χ0n) is 6.75. The van der Waals surface area contributed by atoms with Crippen LogP contribution in [-0.2, 0) is 0 Å². The SMILES string of the molecule is O=c1[nH]nc(-c2ccc(Cl)c(Cl)c2)s1. The van der Waals surface area contributed by atoms with Gasteiger partial charge in [0.15, 0.2) is 0 Å². The second-order valence-electron chi connectivity index (χ2n) is 2.55. The van der Waals surface area contributed by atoms with Crippen LogP contribution in [0, 0.1) is 0 Å². The third kappa shape index (κ3) is 1.82. The second-order valence-corrected chi connectivity index (χ2v) is 4.32. The zero-order valence-corrected chi connectivity index (χ0v) is 9.08. The van der Waals surface area contributed by atoms with Gasteiger partial charge in [-0.2, -0.15) is 5.10 Å². The summed E-state index contributed by atoms with van der Waals surface area (Å²) in [6.07, 6.45) is 0. The molecular weight excluding hydrogens is 243 g/mol. The van der Waals surface area contributed by atoms with Crippen molar-refractivity contribution >= 4 is 34.5 Å². The Kier molecular flexibility index (Phi) is 2.58. The third-order valence-electron chi connectivity index (χ3n) is 1.60. The van der Waals surface area contributed by atoms with Crippen LogP contribution in [0.1, 0.15) is 0 Å². The third-order valence-corrected chi connectivity index (χ3v) is 3.14. The molecule has 0 atom stereocenters. The second kappa shape index (κ2) is 3.73. The van der Waals surface area contributed by atoms with Gasteiger partial charge in [-0.15, -0.1) is 0 Å². The summed E-state index contributed by atoms with van der Waals surface area (Å²) in [6, 6.07) is 5.11. The van der Waals surface area contributed by atoms with Crippen LogP contribution in [0.15, 0.2) is 23.0 Å². The average molecular weight is 247 g/mol. The first-order chi connectivity index (χ1) is 6.66. The van der Waals surface area contributed by atoms with E-state index in [0.29, 0.717) is 15.1 Å². The number of nitrogens with one attached hydrogen (secondary N) is 1. The van der Waals surface area contributed by atoms with E-state index in [1.54, 1.807) is 18.2 Å². The van der Waals surface area contributed by atoms with Gasteiger partial charge in [0.05, 0.1) is 10.0 Å². The van der Waals surface area contributed by atoms with Crippen LogP contribution in [-0.4, -0.2) is 10.2 Å². The molecule has 1 N–H and O–H groups in total. The van der Waals surface area contributed by atoms with E-state index in [-0.39, 0.29) is 4.87 Å². The van der Waals surface area contributed by atoms with Crippen molar-refractivity contribution in [2.45, 2.75) is 0 Å². The number of benzene rings is 1. The lowest BCUT2D eigenvalue weighted by Crippen LogP contribution is -1.90. The molecule has 0 amide bonds. The molecule has 0 bridgehead atoms. The molecule has 1 heterocycles. The minimum Gasteiger partial charge on any atom is -0.255 e. The van der Waals surface area contributed by atoms with Gasteiger partial charge in [0.25, 0.3) is 0 Å². The molecule has 6 heteroatoms. The highest BCUT2D eigenvalue weighted by atomic mass is 35.5. The minimum atomic E-state index is -0.189.